The van der Waals surface area contributed by atoms with Crippen LogP contribution in [-0.2, 0) is 16.1 Å². The maximum Gasteiger partial charge on any atom is 0.249 e. The molecule has 3 N–H and O–H groups in total. The van der Waals surface area contributed by atoms with Gasteiger partial charge < -0.3 is 15.6 Å². The van der Waals surface area contributed by atoms with E-state index in [1.54, 1.807) is 0 Å². The summed E-state index contributed by atoms with van der Waals surface area (Å²) in [6, 6.07) is 8.80. The number of H-pyrrole nitrogens is 1. The van der Waals surface area contributed by atoms with E-state index >= 15 is 0 Å². The van der Waals surface area contributed by atoms with Crippen molar-refractivity contribution in [3.63, 3.8) is 0 Å². The Morgan fingerprint density at radius 1 is 1.30 bits per heavy atom. The molecule has 2 amide bonds. The van der Waals surface area contributed by atoms with Gasteiger partial charge in [-0.25, -0.2) is 4.98 Å². The lowest BCUT2D eigenvalue weighted by atomic mass is 10.2. The van der Waals surface area contributed by atoms with E-state index in [0.29, 0.717) is 12.2 Å². The maximum atomic E-state index is 12.2. The van der Waals surface area contributed by atoms with Crippen LogP contribution in [0, 0.1) is 0 Å². The first-order valence-corrected chi connectivity index (χ1v) is 6.24. The number of aromatic amines is 1. The zero-order valence-corrected chi connectivity index (χ0v) is 11.1. The van der Waals surface area contributed by atoms with E-state index in [1.807, 2.05) is 30.3 Å². The monoisotopic (exact) mass is 272 g/mol. The Labute approximate surface area is 116 Å². The van der Waals surface area contributed by atoms with Crippen molar-refractivity contribution >= 4 is 11.8 Å². The van der Waals surface area contributed by atoms with Crippen LogP contribution in [0.1, 0.15) is 24.2 Å². The van der Waals surface area contributed by atoms with E-state index in [1.165, 1.54) is 19.4 Å². The highest BCUT2D eigenvalue weighted by Crippen LogP contribution is 2.09. The van der Waals surface area contributed by atoms with Crippen LogP contribution in [0.15, 0.2) is 42.9 Å². The van der Waals surface area contributed by atoms with Crippen molar-refractivity contribution in [3.8, 4) is 0 Å². The van der Waals surface area contributed by atoms with Gasteiger partial charge in [0.2, 0.25) is 11.8 Å². The predicted octanol–water partition coefficient (Wildman–Crippen LogP) is 0.903. The quantitative estimate of drug-likeness (QED) is 0.756. The molecule has 2 rings (SSSR count). The Balaban J connectivity index is 2.02. The number of amides is 2. The number of imidazole rings is 1. The van der Waals surface area contributed by atoms with Crippen LogP contribution in [-0.4, -0.2) is 21.8 Å². The first-order valence-electron chi connectivity index (χ1n) is 6.24. The van der Waals surface area contributed by atoms with E-state index in [2.05, 4.69) is 20.6 Å². The Morgan fingerprint density at radius 3 is 2.65 bits per heavy atom. The second-order valence-electron chi connectivity index (χ2n) is 4.34. The lowest BCUT2D eigenvalue weighted by molar-refractivity contribution is -0.128. The van der Waals surface area contributed by atoms with Crippen molar-refractivity contribution in [2.75, 3.05) is 0 Å². The van der Waals surface area contributed by atoms with Crippen LogP contribution < -0.4 is 10.6 Å². The third-order valence-electron chi connectivity index (χ3n) is 2.75. The first-order chi connectivity index (χ1) is 9.66. The molecule has 0 aliphatic heterocycles. The van der Waals surface area contributed by atoms with Crippen molar-refractivity contribution in [2.24, 2.45) is 0 Å². The lowest BCUT2D eigenvalue weighted by Gasteiger charge is -2.16. The molecule has 0 unspecified atom stereocenters. The molecule has 2 aromatic rings. The summed E-state index contributed by atoms with van der Waals surface area (Å²) in [6.07, 6.45) is 2.98. The summed E-state index contributed by atoms with van der Waals surface area (Å²) in [7, 11) is 0. The number of benzene rings is 1. The third kappa shape index (κ3) is 3.68. The van der Waals surface area contributed by atoms with Gasteiger partial charge in [0, 0.05) is 13.5 Å². The van der Waals surface area contributed by atoms with Crippen LogP contribution >= 0.6 is 0 Å². The minimum Gasteiger partial charge on any atom is -0.350 e. The fraction of sp³-hybridized carbons (Fsp3) is 0.214. The fourth-order valence-corrected chi connectivity index (χ4v) is 1.80. The minimum atomic E-state index is -0.765. The normalized spacial score (nSPS) is 11.7. The molecule has 6 heteroatoms. The van der Waals surface area contributed by atoms with Crippen LogP contribution in [0.5, 0.6) is 0 Å². The molecule has 1 aromatic carbocycles. The van der Waals surface area contributed by atoms with Crippen LogP contribution in [0.2, 0.25) is 0 Å². The Morgan fingerprint density at radius 2 is 2.05 bits per heavy atom. The topological polar surface area (TPSA) is 86.9 Å². The van der Waals surface area contributed by atoms with E-state index in [4.69, 9.17) is 0 Å². The van der Waals surface area contributed by atoms with E-state index in [-0.39, 0.29) is 11.8 Å². The molecule has 0 spiro atoms. The number of nitrogens with zero attached hydrogens (tertiary/aromatic N) is 1. The number of nitrogens with one attached hydrogen (secondary N) is 3. The summed E-state index contributed by atoms with van der Waals surface area (Å²) in [4.78, 5) is 30.1. The molecule has 0 aliphatic carbocycles. The second-order valence-corrected chi connectivity index (χ2v) is 4.34. The highest BCUT2D eigenvalue weighted by Gasteiger charge is 2.22. The van der Waals surface area contributed by atoms with Gasteiger partial charge in [0.1, 0.15) is 6.04 Å². The van der Waals surface area contributed by atoms with Crippen molar-refractivity contribution in [1.29, 1.82) is 0 Å². The molecular formula is C14H16N4O2. The molecule has 104 valence electrons. The SMILES string of the molecule is CC(=O)N[C@H](C(=O)NCc1ccccc1)c1cnc[nH]1. The number of rotatable bonds is 5. The van der Waals surface area contributed by atoms with Crippen molar-refractivity contribution in [1.82, 2.24) is 20.6 Å². The summed E-state index contributed by atoms with van der Waals surface area (Å²) >= 11 is 0. The smallest absolute Gasteiger partial charge is 0.249 e. The van der Waals surface area contributed by atoms with Gasteiger partial charge >= 0.3 is 0 Å². The molecular weight excluding hydrogens is 256 g/mol. The molecule has 1 heterocycles. The number of hydrogen-bond donors (Lipinski definition) is 3. The van der Waals surface area contributed by atoms with Gasteiger partial charge in [0.25, 0.3) is 0 Å². The Kier molecular flexibility index (Phi) is 4.49. The average molecular weight is 272 g/mol. The predicted molar refractivity (Wildman–Crippen MR) is 73.4 cm³/mol. The highest BCUT2D eigenvalue weighted by atomic mass is 16.2. The zero-order valence-electron chi connectivity index (χ0n) is 11.1. The third-order valence-corrected chi connectivity index (χ3v) is 2.75. The Bertz CT molecular complexity index is 566. The van der Waals surface area contributed by atoms with Gasteiger partial charge in [-0.05, 0) is 5.56 Å². The van der Waals surface area contributed by atoms with Gasteiger partial charge in [0.15, 0.2) is 0 Å². The van der Waals surface area contributed by atoms with E-state index in [9.17, 15) is 9.59 Å². The second kappa shape index (κ2) is 6.51. The molecule has 0 saturated carbocycles. The molecule has 0 aliphatic rings. The Hall–Kier alpha value is -2.63. The minimum absolute atomic E-state index is 0.278. The summed E-state index contributed by atoms with van der Waals surface area (Å²) < 4.78 is 0. The summed E-state index contributed by atoms with van der Waals surface area (Å²) in [6.45, 7) is 1.78. The molecule has 6 nitrogen and oxygen atoms in total. The average Bonchev–Trinajstić information content (AvgIpc) is 2.97. The molecule has 1 aromatic heterocycles. The molecule has 1 atom stereocenters. The molecule has 0 saturated heterocycles. The zero-order chi connectivity index (χ0) is 14.4. The molecule has 0 radical (unpaired) electrons. The van der Waals surface area contributed by atoms with Crippen LogP contribution in [0.25, 0.3) is 0 Å². The van der Waals surface area contributed by atoms with Crippen molar-refractivity contribution in [3.05, 3.63) is 54.1 Å². The number of carbonyl (C=O) groups is 2. The standard InChI is InChI=1S/C14H16N4O2/c1-10(19)18-13(12-8-15-9-17-12)14(20)16-7-11-5-3-2-4-6-11/h2-6,8-9,13H,7H2,1H3,(H,15,17)(H,16,20)(H,18,19)/t13-/m0/s1. The number of hydrogen-bond acceptors (Lipinski definition) is 3. The fourth-order valence-electron chi connectivity index (χ4n) is 1.80. The summed E-state index contributed by atoms with van der Waals surface area (Å²) in [5.41, 5.74) is 1.54. The van der Waals surface area contributed by atoms with Crippen molar-refractivity contribution < 1.29 is 9.59 Å². The lowest BCUT2D eigenvalue weighted by Crippen LogP contribution is -2.39. The largest absolute Gasteiger partial charge is 0.350 e. The molecule has 0 bridgehead atoms. The maximum absolute atomic E-state index is 12.2. The summed E-state index contributed by atoms with van der Waals surface area (Å²) in [5.74, 6) is -0.562. The number of carbonyl (C=O) groups excluding carboxylic acids is 2. The number of aromatic nitrogens is 2. The van der Waals surface area contributed by atoms with Gasteiger partial charge in [0.05, 0.1) is 18.2 Å². The highest BCUT2D eigenvalue weighted by molar-refractivity contribution is 5.87. The van der Waals surface area contributed by atoms with Crippen LogP contribution in [0.3, 0.4) is 0 Å². The van der Waals surface area contributed by atoms with Crippen LogP contribution in [0.4, 0.5) is 0 Å². The molecule has 20 heavy (non-hydrogen) atoms. The van der Waals surface area contributed by atoms with Gasteiger partial charge in [-0.3, -0.25) is 9.59 Å². The van der Waals surface area contributed by atoms with E-state index in [0.717, 1.165) is 5.56 Å². The summed E-state index contributed by atoms with van der Waals surface area (Å²) in [5, 5.41) is 5.39. The van der Waals surface area contributed by atoms with Gasteiger partial charge in [-0.2, -0.15) is 0 Å². The van der Waals surface area contributed by atoms with Gasteiger partial charge in [-0.15, -0.1) is 0 Å². The van der Waals surface area contributed by atoms with Gasteiger partial charge in [-0.1, -0.05) is 30.3 Å². The first kappa shape index (κ1) is 13.8. The van der Waals surface area contributed by atoms with E-state index < -0.39 is 6.04 Å². The van der Waals surface area contributed by atoms with Crippen molar-refractivity contribution in [2.45, 2.75) is 19.5 Å². The molecule has 0 fully saturated rings.